The standard InChI is InChI=1S/C20H32N4O2/c1-4-26-18-13-15(2)9-10-16(18)14-23-20(21-3)22-12-11-19(25)24-17-7-5-6-8-17/h9-10,13,17H,4-8,11-12,14H2,1-3H3,(H,24,25)(H2,21,22,23). The van der Waals surface area contributed by atoms with Gasteiger partial charge in [-0.2, -0.15) is 0 Å². The van der Waals surface area contributed by atoms with Gasteiger partial charge in [-0.05, 0) is 38.3 Å². The van der Waals surface area contributed by atoms with Crippen LogP contribution in [-0.2, 0) is 11.3 Å². The molecule has 1 amide bonds. The monoisotopic (exact) mass is 360 g/mol. The molecule has 0 atom stereocenters. The van der Waals surface area contributed by atoms with Crippen LogP contribution in [0, 0.1) is 6.92 Å². The van der Waals surface area contributed by atoms with E-state index in [0.717, 1.165) is 24.2 Å². The second-order valence-electron chi connectivity index (χ2n) is 6.70. The zero-order chi connectivity index (χ0) is 18.8. The summed E-state index contributed by atoms with van der Waals surface area (Å²) in [7, 11) is 1.73. The van der Waals surface area contributed by atoms with Gasteiger partial charge in [0.2, 0.25) is 5.91 Å². The molecule has 0 aliphatic heterocycles. The van der Waals surface area contributed by atoms with Gasteiger partial charge in [-0.25, -0.2) is 0 Å². The van der Waals surface area contributed by atoms with E-state index in [1.807, 2.05) is 13.0 Å². The summed E-state index contributed by atoms with van der Waals surface area (Å²) in [6.07, 6.45) is 5.12. The van der Waals surface area contributed by atoms with E-state index in [1.165, 1.54) is 18.4 Å². The molecule has 0 saturated heterocycles. The van der Waals surface area contributed by atoms with Gasteiger partial charge in [0, 0.05) is 38.2 Å². The van der Waals surface area contributed by atoms with Crippen molar-refractivity contribution in [3.05, 3.63) is 29.3 Å². The number of nitrogens with zero attached hydrogens (tertiary/aromatic N) is 1. The van der Waals surface area contributed by atoms with Gasteiger partial charge in [0.15, 0.2) is 5.96 Å². The SMILES string of the molecule is CCOc1cc(C)ccc1CNC(=NC)NCCC(=O)NC1CCCC1. The van der Waals surface area contributed by atoms with Gasteiger partial charge in [-0.3, -0.25) is 9.79 Å². The van der Waals surface area contributed by atoms with E-state index in [4.69, 9.17) is 4.74 Å². The van der Waals surface area contributed by atoms with Crippen molar-refractivity contribution < 1.29 is 9.53 Å². The Kier molecular flexibility index (Phi) is 8.25. The van der Waals surface area contributed by atoms with Crippen LogP contribution in [0.1, 0.15) is 50.2 Å². The summed E-state index contributed by atoms with van der Waals surface area (Å²) in [5.41, 5.74) is 2.26. The number of guanidine groups is 1. The highest BCUT2D eigenvalue weighted by Crippen LogP contribution is 2.20. The van der Waals surface area contributed by atoms with Gasteiger partial charge >= 0.3 is 0 Å². The highest BCUT2D eigenvalue weighted by molar-refractivity contribution is 5.81. The molecule has 1 saturated carbocycles. The van der Waals surface area contributed by atoms with E-state index < -0.39 is 0 Å². The van der Waals surface area contributed by atoms with E-state index in [0.29, 0.717) is 38.1 Å². The lowest BCUT2D eigenvalue weighted by Crippen LogP contribution is -2.40. The molecular weight excluding hydrogens is 328 g/mol. The predicted octanol–water partition coefficient (Wildman–Crippen LogP) is 2.51. The van der Waals surface area contributed by atoms with Gasteiger partial charge in [0.1, 0.15) is 5.75 Å². The van der Waals surface area contributed by atoms with Crippen molar-refractivity contribution in [1.29, 1.82) is 0 Å². The molecule has 6 heteroatoms. The summed E-state index contributed by atoms with van der Waals surface area (Å²) in [6, 6.07) is 6.56. The fourth-order valence-corrected chi connectivity index (χ4v) is 3.16. The number of carbonyl (C=O) groups is 1. The van der Waals surface area contributed by atoms with Crippen molar-refractivity contribution in [2.24, 2.45) is 4.99 Å². The summed E-state index contributed by atoms with van der Waals surface area (Å²) in [4.78, 5) is 16.2. The molecule has 0 radical (unpaired) electrons. The Morgan fingerprint density at radius 3 is 2.73 bits per heavy atom. The van der Waals surface area contributed by atoms with Crippen LogP contribution in [0.3, 0.4) is 0 Å². The molecular formula is C20H32N4O2. The largest absolute Gasteiger partial charge is 0.494 e. The number of carbonyl (C=O) groups excluding carboxylic acids is 1. The normalized spacial score (nSPS) is 15.0. The number of hydrogen-bond donors (Lipinski definition) is 3. The van der Waals surface area contributed by atoms with Gasteiger partial charge in [0.25, 0.3) is 0 Å². The van der Waals surface area contributed by atoms with Crippen molar-refractivity contribution >= 4 is 11.9 Å². The van der Waals surface area contributed by atoms with Crippen LogP contribution >= 0.6 is 0 Å². The molecule has 0 bridgehead atoms. The molecule has 1 aromatic rings. The van der Waals surface area contributed by atoms with Crippen LogP contribution in [0.15, 0.2) is 23.2 Å². The number of aliphatic imine (C=N–C) groups is 1. The molecule has 26 heavy (non-hydrogen) atoms. The molecule has 0 unspecified atom stereocenters. The smallest absolute Gasteiger partial charge is 0.221 e. The molecule has 0 spiro atoms. The number of rotatable bonds is 8. The third-order valence-electron chi connectivity index (χ3n) is 4.56. The maximum atomic E-state index is 12.0. The molecule has 1 aliphatic rings. The minimum atomic E-state index is 0.108. The first-order valence-electron chi connectivity index (χ1n) is 9.58. The lowest BCUT2D eigenvalue weighted by Gasteiger charge is -2.15. The van der Waals surface area contributed by atoms with E-state index in [1.54, 1.807) is 7.05 Å². The predicted molar refractivity (Wildman–Crippen MR) is 106 cm³/mol. The van der Waals surface area contributed by atoms with Crippen molar-refractivity contribution in [3.63, 3.8) is 0 Å². The summed E-state index contributed by atoms with van der Waals surface area (Å²) in [5.74, 6) is 1.69. The number of hydrogen-bond acceptors (Lipinski definition) is 3. The molecule has 144 valence electrons. The van der Waals surface area contributed by atoms with Crippen molar-refractivity contribution in [1.82, 2.24) is 16.0 Å². The number of aryl methyl sites for hydroxylation is 1. The van der Waals surface area contributed by atoms with Crippen LogP contribution in [0.25, 0.3) is 0 Å². The molecule has 1 aromatic carbocycles. The molecule has 2 rings (SSSR count). The Labute approximate surface area is 156 Å². The molecule has 6 nitrogen and oxygen atoms in total. The van der Waals surface area contributed by atoms with Crippen LogP contribution in [0.4, 0.5) is 0 Å². The Morgan fingerprint density at radius 2 is 2.04 bits per heavy atom. The minimum absolute atomic E-state index is 0.108. The lowest BCUT2D eigenvalue weighted by molar-refractivity contribution is -0.121. The minimum Gasteiger partial charge on any atom is -0.494 e. The summed E-state index contributed by atoms with van der Waals surface area (Å²) in [6.45, 7) is 5.85. The van der Waals surface area contributed by atoms with Crippen molar-refractivity contribution in [3.8, 4) is 5.75 Å². The first-order valence-corrected chi connectivity index (χ1v) is 9.58. The van der Waals surface area contributed by atoms with Crippen molar-refractivity contribution in [2.75, 3.05) is 20.2 Å². The van der Waals surface area contributed by atoms with Crippen LogP contribution in [-0.4, -0.2) is 38.1 Å². The van der Waals surface area contributed by atoms with Crippen molar-refractivity contribution in [2.45, 2.75) is 58.5 Å². The van der Waals surface area contributed by atoms with Gasteiger partial charge in [0.05, 0.1) is 6.61 Å². The van der Waals surface area contributed by atoms with Crippen LogP contribution < -0.4 is 20.7 Å². The molecule has 0 aromatic heterocycles. The third kappa shape index (κ3) is 6.58. The number of ether oxygens (including phenoxy) is 1. The maximum absolute atomic E-state index is 12.0. The van der Waals surface area contributed by atoms with Crippen LogP contribution in [0.5, 0.6) is 5.75 Å². The molecule has 1 fully saturated rings. The summed E-state index contributed by atoms with van der Waals surface area (Å²) in [5, 5.41) is 9.57. The first kappa shape index (κ1) is 20.1. The Hall–Kier alpha value is -2.24. The van der Waals surface area contributed by atoms with Gasteiger partial charge < -0.3 is 20.7 Å². The summed E-state index contributed by atoms with van der Waals surface area (Å²) < 4.78 is 5.71. The topological polar surface area (TPSA) is 74.8 Å². The van der Waals surface area contributed by atoms with Gasteiger partial charge in [-0.1, -0.05) is 25.0 Å². The molecule has 1 aliphatic carbocycles. The Bertz CT molecular complexity index is 610. The van der Waals surface area contributed by atoms with E-state index in [9.17, 15) is 4.79 Å². The quantitative estimate of drug-likeness (QED) is 0.492. The fraction of sp³-hybridized carbons (Fsp3) is 0.600. The zero-order valence-corrected chi connectivity index (χ0v) is 16.2. The maximum Gasteiger partial charge on any atom is 0.221 e. The number of nitrogens with one attached hydrogen (secondary N) is 3. The Balaban J connectivity index is 1.74. The average molecular weight is 361 g/mol. The van der Waals surface area contributed by atoms with E-state index in [2.05, 4.69) is 40.0 Å². The Morgan fingerprint density at radius 1 is 1.27 bits per heavy atom. The molecule has 0 heterocycles. The lowest BCUT2D eigenvalue weighted by atomic mass is 10.1. The van der Waals surface area contributed by atoms with E-state index >= 15 is 0 Å². The summed E-state index contributed by atoms with van der Waals surface area (Å²) >= 11 is 0. The highest BCUT2D eigenvalue weighted by Gasteiger charge is 2.16. The highest BCUT2D eigenvalue weighted by atomic mass is 16.5. The average Bonchev–Trinajstić information content (AvgIpc) is 3.12. The van der Waals surface area contributed by atoms with Gasteiger partial charge in [-0.15, -0.1) is 0 Å². The third-order valence-corrected chi connectivity index (χ3v) is 4.56. The number of benzene rings is 1. The first-order chi connectivity index (χ1) is 12.6. The van der Waals surface area contributed by atoms with E-state index in [-0.39, 0.29) is 5.91 Å². The molecule has 3 N–H and O–H groups in total. The van der Waals surface area contributed by atoms with Crippen LogP contribution in [0.2, 0.25) is 0 Å². The fourth-order valence-electron chi connectivity index (χ4n) is 3.16. The second kappa shape index (κ2) is 10.7. The zero-order valence-electron chi connectivity index (χ0n) is 16.2. The number of amides is 1. The second-order valence-corrected chi connectivity index (χ2v) is 6.70.